The summed E-state index contributed by atoms with van der Waals surface area (Å²) in [5, 5.41) is 137. The average Bonchev–Trinajstić information content (AvgIpc) is 3.86. The molecule has 75 heavy (non-hydrogen) atoms. The van der Waals surface area contributed by atoms with Gasteiger partial charge in [-0.15, -0.1) is 0 Å². The van der Waals surface area contributed by atoms with E-state index in [2.05, 4.69) is 26.8 Å². The minimum absolute atomic E-state index is 0.00195. The van der Waals surface area contributed by atoms with Gasteiger partial charge in [-0.2, -0.15) is 0 Å². The first kappa shape index (κ1) is 58.5. The predicted molar refractivity (Wildman–Crippen MR) is 255 cm³/mol. The van der Waals surface area contributed by atoms with Gasteiger partial charge < -0.3 is 114 Å². The van der Waals surface area contributed by atoms with E-state index in [0.29, 0.717) is 43.4 Å². The third-order valence-electron chi connectivity index (χ3n) is 19.8. The Balaban J connectivity index is 0.856. The molecule has 4 aliphatic carbocycles. The molecule has 5 heterocycles. The van der Waals surface area contributed by atoms with Crippen molar-refractivity contribution in [2.75, 3.05) is 33.5 Å². The van der Waals surface area contributed by atoms with Crippen LogP contribution in [0.1, 0.15) is 92.4 Å². The lowest BCUT2D eigenvalue weighted by Gasteiger charge is -2.58. The summed E-state index contributed by atoms with van der Waals surface area (Å²) in [6, 6.07) is 0. The summed E-state index contributed by atoms with van der Waals surface area (Å²) in [5.74, 6) is 0.806. The van der Waals surface area contributed by atoms with Crippen LogP contribution in [-0.2, 0) is 47.4 Å². The van der Waals surface area contributed by atoms with Crippen LogP contribution < -0.4 is 0 Å². The van der Waals surface area contributed by atoms with Gasteiger partial charge in [-0.1, -0.05) is 39.3 Å². The van der Waals surface area contributed by atoms with Crippen molar-refractivity contribution in [3.63, 3.8) is 0 Å². The second-order valence-corrected chi connectivity index (χ2v) is 24.0. The Hall–Kier alpha value is -1.18. The van der Waals surface area contributed by atoms with Gasteiger partial charge >= 0.3 is 0 Å². The first-order chi connectivity index (χ1) is 35.6. The molecule has 0 aromatic rings. The standard InChI is InChI=1S/C52H86O23/c1-21(20-67-46-40(62)38(60)35(57)30(17-53)70-46)9-14-52(66-6)22(2)33-29(75-52)16-28-26-8-7-24-15-25(10-12-50(24,4)27(26)11-13-51(28,33)5)69-49-45(74-47-41(63)37(59)34(56)23(3)68-47)43(65)44(32(19-55)72-49)73-48-42(64)39(61)36(58)31(18-54)71-48/h7,21-23,25-49,53-65H,8-20H2,1-6H3/t21-,22+,23+,25+,26-,27+,28-,29+,30-,31-,32-,33+,34+,35-,36-,37-,38+,39+,40-,41-,42-,43+,44-,45-,46-,47+,48+,49-,50+,51+,52-/m1/s1. The quantitative estimate of drug-likeness (QED) is 0.0720. The lowest BCUT2D eigenvalue weighted by atomic mass is 9.47. The van der Waals surface area contributed by atoms with Crippen molar-refractivity contribution in [2.45, 2.75) is 233 Å². The highest BCUT2D eigenvalue weighted by Crippen LogP contribution is 2.70. The van der Waals surface area contributed by atoms with Gasteiger partial charge in [0.25, 0.3) is 0 Å². The molecular formula is C52H86O23. The second kappa shape index (κ2) is 23.0. The molecule has 31 atom stereocenters. The highest BCUT2D eigenvalue weighted by Gasteiger charge is 2.68. The molecule has 0 aromatic heterocycles. The molecule has 23 nitrogen and oxygen atoms in total. The first-order valence-corrected chi connectivity index (χ1v) is 27.3. The molecule has 0 amide bonds. The third kappa shape index (κ3) is 10.5. The van der Waals surface area contributed by atoms with Crippen molar-refractivity contribution >= 4 is 0 Å². The van der Waals surface area contributed by atoms with Crippen LogP contribution >= 0.6 is 0 Å². The molecule has 0 spiro atoms. The summed E-state index contributed by atoms with van der Waals surface area (Å²) in [6.07, 6.45) is -21.1. The van der Waals surface area contributed by atoms with Gasteiger partial charge in [-0.3, -0.25) is 0 Å². The Morgan fingerprint density at radius 1 is 0.640 bits per heavy atom. The van der Waals surface area contributed by atoms with E-state index < -0.39 is 155 Å². The van der Waals surface area contributed by atoms with Gasteiger partial charge in [0.15, 0.2) is 30.9 Å². The molecule has 9 aliphatic rings. The van der Waals surface area contributed by atoms with Crippen molar-refractivity contribution in [1.82, 2.24) is 0 Å². The molecule has 5 saturated heterocycles. The number of aliphatic hydroxyl groups excluding tert-OH is 13. The van der Waals surface area contributed by atoms with Gasteiger partial charge in [0.1, 0.15) is 91.6 Å². The number of allylic oxidation sites excluding steroid dienone is 1. The maximum absolute atomic E-state index is 12.1. The molecule has 0 aromatic carbocycles. The second-order valence-electron chi connectivity index (χ2n) is 24.0. The maximum Gasteiger partial charge on any atom is 0.187 e. The molecule has 8 fully saturated rings. The molecule has 432 valence electrons. The van der Waals surface area contributed by atoms with Gasteiger partial charge in [-0.05, 0) is 98.7 Å². The van der Waals surface area contributed by atoms with Crippen molar-refractivity contribution in [3.05, 3.63) is 11.6 Å². The van der Waals surface area contributed by atoms with Crippen LogP contribution in [0.25, 0.3) is 0 Å². The van der Waals surface area contributed by atoms with E-state index in [1.165, 1.54) is 12.5 Å². The fourth-order valence-electron chi connectivity index (χ4n) is 15.3. The number of hydrogen-bond acceptors (Lipinski definition) is 23. The third-order valence-corrected chi connectivity index (χ3v) is 19.8. The highest BCUT2D eigenvalue weighted by molar-refractivity contribution is 5.26. The van der Waals surface area contributed by atoms with E-state index in [-0.39, 0.29) is 41.3 Å². The van der Waals surface area contributed by atoms with E-state index in [0.717, 1.165) is 32.1 Å². The fourth-order valence-corrected chi connectivity index (χ4v) is 15.3. The zero-order valence-corrected chi connectivity index (χ0v) is 43.8. The number of aliphatic hydroxyl groups is 13. The highest BCUT2D eigenvalue weighted by atomic mass is 16.8. The van der Waals surface area contributed by atoms with Crippen LogP contribution in [0.5, 0.6) is 0 Å². The Morgan fingerprint density at radius 3 is 1.87 bits per heavy atom. The molecule has 13 N–H and O–H groups in total. The lowest BCUT2D eigenvalue weighted by molar-refractivity contribution is -0.389. The molecule has 0 unspecified atom stereocenters. The van der Waals surface area contributed by atoms with Crippen molar-refractivity contribution in [2.24, 2.45) is 46.3 Å². The van der Waals surface area contributed by atoms with Gasteiger partial charge in [0.05, 0.1) is 44.7 Å². The summed E-state index contributed by atoms with van der Waals surface area (Å²) in [6.45, 7) is 8.76. The van der Waals surface area contributed by atoms with Crippen LogP contribution in [-0.4, -0.2) is 241 Å². The number of rotatable bonds is 16. The van der Waals surface area contributed by atoms with Crippen LogP contribution in [0, 0.1) is 46.3 Å². The summed E-state index contributed by atoms with van der Waals surface area (Å²) >= 11 is 0. The molecule has 9 rings (SSSR count). The van der Waals surface area contributed by atoms with E-state index >= 15 is 0 Å². The number of hydrogen-bond donors (Lipinski definition) is 13. The Kier molecular flexibility index (Phi) is 17.9. The summed E-state index contributed by atoms with van der Waals surface area (Å²) in [7, 11) is 1.71. The van der Waals surface area contributed by atoms with Crippen molar-refractivity contribution in [3.8, 4) is 0 Å². The monoisotopic (exact) mass is 1080 g/mol. The lowest BCUT2D eigenvalue weighted by Crippen LogP contribution is -2.67. The van der Waals surface area contributed by atoms with E-state index in [4.69, 9.17) is 47.4 Å². The topological polar surface area (TPSA) is 355 Å². The zero-order valence-electron chi connectivity index (χ0n) is 43.8. The number of methoxy groups -OCH3 is 1. The molecule has 3 saturated carbocycles. The van der Waals surface area contributed by atoms with Crippen molar-refractivity contribution < 1.29 is 114 Å². The maximum atomic E-state index is 12.1. The smallest absolute Gasteiger partial charge is 0.187 e. The fraction of sp³-hybridized carbons (Fsp3) is 0.962. The Bertz CT molecular complexity index is 1930. The normalized spacial score (nSPS) is 54.3. The summed E-state index contributed by atoms with van der Waals surface area (Å²) < 4.78 is 61.3. The van der Waals surface area contributed by atoms with Gasteiger partial charge in [-0.25, -0.2) is 0 Å². The number of fused-ring (bicyclic) bond motifs is 7. The Labute approximate surface area is 437 Å². The molecule has 23 heteroatoms. The van der Waals surface area contributed by atoms with Gasteiger partial charge in [0.2, 0.25) is 0 Å². The van der Waals surface area contributed by atoms with Crippen LogP contribution in [0.3, 0.4) is 0 Å². The van der Waals surface area contributed by atoms with Crippen LogP contribution in [0.4, 0.5) is 0 Å². The summed E-state index contributed by atoms with van der Waals surface area (Å²) in [5.41, 5.74) is 1.14. The minimum atomic E-state index is -1.85. The largest absolute Gasteiger partial charge is 0.394 e. The van der Waals surface area contributed by atoms with E-state index in [9.17, 15) is 66.4 Å². The predicted octanol–water partition coefficient (Wildman–Crippen LogP) is -2.35. The van der Waals surface area contributed by atoms with Gasteiger partial charge in [0, 0.05) is 19.4 Å². The van der Waals surface area contributed by atoms with E-state index in [1.54, 1.807) is 7.11 Å². The van der Waals surface area contributed by atoms with E-state index in [1.807, 2.05) is 6.92 Å². The zero-order chi connectivity index (χ0) is 54.2. The molecule has 0 bridgehead atoms. The first-order valence-electron chi connectivity index (χ1n) is 27.3. The van der Waals surface area contributed by atoms with Crippen LogP contribution in [0.15, 0.2) is 11.6 Å². The van der Waals surface area contributed by atoms with Crippen LogP contribution in [0.2, 0.25) is 0 Å². The molecule has 0 radical (unpaired) electrons. The average molecular weight is 1080 g/mol. The van der Waals surface area contributed by atoms with Crippen molar-refractivity contribution in [1.29, 1.82) is 0 Å². The Morgan fingerprint density at radius 2 is 1.23 bits per heavy atom. The number of ether oxygens (including phenoxy) is 10. The minimum Gasteiger partial charge on any atom is -0.394 e. The molecule has 5 aliphatic heterocycles. The SMILES string of the molecule is CO[C@]1(CC[C@@H](C)CO[C@@H]2O[C@H](CO)[C@@H](O)[C@H](O)[C@H]2O)O[C@H]2C[C@@H]3[C@@H]4CC=C5C[C@@H](O[C@@H]6O[C@H](CO)[C@@H](O[C@@H]7O[C@H](CO)[C@@H](O)[C@H](O)[C@H]7O)[C@H](O)[C@H]6O[C@@H]6O[C@@H](C)[C@H](O)[C@@H](O)[C@H]6O)CC[C@]5(C)[C@H]4CC[C@]3(C)[C@H]2[C@@H]1C. The molecular weight excluding hydrogens is 993 g/mol. The summed E-state index contributed by atoms with van der Waals surface area (Å²) in [4.78, 5) is 0.